The summed E-state index contributed by atoms with van der Waals surface area (Å²) < 4.78 is 6.57. The summed E-state index contributed by atoms with van der Waals surface area (Å²) in [5.41, 5.74) is 6.43. The number of hydrogen-bond acceptors (Lipinski definition) is 2. The van der Waals surface area contributed by atoms with Gasteiger partial charge in [-0.3, -0.25) is 0 Å². The number of halogens is 1. The maximum Gasteiger partial charge on any atom is 0.120 e. The maximum atomic E-state index is 5.68. The normalized spacial score (nSPS) is 16.4. The molecule has 0 bridgehead atoms. The van der Waals surface area contributed by atoms with Crippen LogP contribution in [0, 0.1) is 5.92 Å². The van der Waals surface area contributed by atoms with Crippen LogP contribution in [0.2, 0.25) is 0 Å². The lowest BCUT2D eigenvalue weighted by Crippen LogP contribution is -2.19. The van der Waals surface area contributed by atoms with Gasteiger partial charge < -0.3 is 10.5 Å². The van der Waals surface area contributed by atoms with Crippen molar-refractivity contribution >= 4 is 21.6 Å². The Labute approximate surface area is 92.6 Å². The van der Waals surface area contributed by atoms with Crippen molar-refractivity contribution in [3.05, 3.63) is 22.7 Å². The minimum atomic E-state index is 0.751. The lowest BCUT2D eigenvalue weighted by molar-refractivity contribution is 0.180. The molecule has 1 aliphatic carbocycles. The van der Waals surface area contributed by atoms with E-state index >= 15 is 0 Å². The molecule has 0 atom stereocenters. The number of ether oxygens (including phenoxy) is 1. The van der Waals surface area contributed by atoms with E-state index in [1.165, 1.54) is 19.3 Å². The van der Waals surface area contributed by atoms with Crippen molar-refractivity contribution in [1.29, 1.82) is 0 Å². The average molecular weight is 256 g/mol. The van der Waals surface area contributed by atoms with E-state index in [4.69, 9.17) is 10.5 Å². The fourth-order valence-corrected chi connectivity index (χ4v) is 1.83. The smallest absolute Gasteiger partial charge is 0.120 e. The highest BCUT2D eigenvalue weighted by Crippen LogP contribution is 2.29. The molecule has 3 heteroatoms. The summed E-state index contributed by atoms with van der Waals surface area (Å²) in [7, 11) is 0. The number of hydrogen-bond donors (Lipinski definition) is 1. The van der Waals surface area contributed by atoms with E-state index in [-0.39, 0.29) is 0 Å². The summed E-state index contributed by atoms with van der Waals surface area (Å²) >= 11 is 3.38. The molecule has 1 fully saturated rings. The largest absolute Gasteiger partial charge is 0.493 e. The highest BCUT2D eigenvalue weighted by Gasteiger charge is 2.17. The Morgan fingerprint density at radius 1 is 1.43 bits per heavy atom. The van der Waals surface area contributed by atoms with Crippen LogP contribution in [0.15, 0.2) is 22.7 Å². The van der Waals surface area contributed by atoms with E-state index in [0.717, 1.165) is 28.4 Å². The van der Waals surface area contributed by atoms with Gasteiger partial charge in [0.1, 0.15) is 5.75 Å². The number of anilines is 1. The molecule has 0 unspecified atom stereocenters. The Morgan fingerprint density at radius 3 is 2.79 bits per heavy atom. The van der Waals surface area contributed by atoms with E-state index in [2.05, 4.69) is 15.9 Å². The first-order chi connectivity index (χ1) is 6.75. The topological polar surface area (TPSA) is 35.2 Å². The van der Waals surface area contributed by atoms with Gasteiger partial charge in [0.2, 0.25) is 0 Å². The standard InChI is InChI=1S/C11H14BrNO/c12-10-6-9(4-5-11(10)13)14-7-8-2-1-3-8/h4-6,8H,1-3,7,13H2. The molecular formula is C11H14BrNO. The molecule has 1 aliphatic rings. The Morgan fingerprint density at radius 2 is 2.21 bits per heavy atom. The van der Waals surface area contributed by atoms with Gasteiger partial charge in [0.05, 0.1) is 6.61 Å². The Hall–Kier alpha value is -0.700. The number of rotatable bonds is 3. The lowest BCUT2D eigenvalue weighted by Gasteiger charge is -2.25. The van der Waals surface area contributed by atoms with Gasteiger partial charge in [-0.2, -0.15) is 0 Å². The molecule has 1 aromatic rings. The van der Waals surface area contributed by atoms with Crippen LogP contribution in [0.4, 0.5) is 5.69 Å². The van der Waals surface area contributed by atoms with E-state index < -0.39 is 0 Å². The highest BCUT2D eigenvalue weighted by molar-refractivity contribution is 9.10. The molecule has 0 aromatic heterocycles. The van der Waals surface area contributed by atoms with Gasteiger partial charge in [-0.15, -0.1) is 0 Å². The summed E-state index contributed by atoms with van der Waals surface area (Å²) in [6, 6.07) is 5.70. The fourth-order valence-electron chi connectivity index (χ4n) is 1.47. The molecule has 2 N–H and O–H groups in total. The Kier molecular flexibility index (Phi) is 2.96. The third-order valence-corrected chi connectivity index (χ3v) is 3.37. The second-order valence-electron chi connectivity index (χ2n) is 3.79. The SMILES string of the molecule is Nc1ccc(OCC2CCC2)cc1Br. The molecule has 2 nitrogen and oxygen atoms in total. The zero-order valence-electron chi connectivity index (χ0n) is 8.00. The number of nitrogens with two attached hydrogens (primary N) is 1. The van der Waals surface area contributed by atoms with Gasteiger partial charge in [-0.25, -0.2) is 0 Å². The molecular weight excluding hydrogens is 242 g/mol. The van der Waals surface area contributed by atoms with Gasteiger partial charge in [0, 0.05) is 10.2 Å². The monoisotopic (exact) mass is 255 g/mol. The molecule has 2 rings (SSSR count). The summed E-state index contributed by atoms with van der Waals surface area (Å²) in [5.74, 6) is 1.67. The van der Waals surface area contributed by atoms with Crippen LogP contribution in [-0.2, 0) is 0 Å². The average Bonchev–Trinajstić information content (AvgIpc) is 2.08. The van der Waals surface area contributed by atoms with Crippen molar-refractivity contribution in [3.63, 3.8) is 0 Å². The second-order valence-corrected chi connectivity index (χ2v) is 4.65. The molecule has 0 amide bonds. The summed E-state index contributed by atoms with van der Waals surface area (Å²) in [5, 5.41) is 0. The lowest BCUT2D eigenvalue weighted by atomic mass is 9.86. The molecule has 1 saturated carbocycles. The Bertz CT molecular complexity index is 323. The first-order valence-electron chi connectivity index (χ1n) is 4.93. The van der Waals surface area contributed by atoms with Crippen LogP contribution >= 0.6 is 15.9 Å². The van der Waals surface area contributed by atoms with Crippen LogP contribution in [0.25, 0.3) is 0 Å². The van der Waals surface area contributed by atoms with Crippen molar-refractivity contribution < 1.29 is 4.74 Å². The third kappa shape index (κ3) is 2.21. The molecule has 0 aliphatic heterocycles. The molecule has 0 saturated heterocycles. The third-order valence-electron chi connectivity index (χ3n) is 2.68. The van der Waals surface area contributed by atoms with Crippen molar-refractivity contribution in [1.82, 2.24) is 0 Å². The van der Waals surface area contributed by atoms with Gasteiger partial charge >= 0.3 is 0 Å². The summed E-state index contributed by atoms with van der Waals surface area (Å²) in [6.45, 7) is 0.844. The number of benzene rings is 1. The van der Waals surface area contributed by atoms with Crippen LogP contribution in [0.3, 0.4) is 0 Å². The Balaban J connectivity index is 1.91. The van der Waals surface area contributed by atoms with Gasteiger partial charge in [-0.1, -0.05) is 6.42 Å². The highest BCUT2D eigenvalue weighted by atomic mass is 79.9. The van der Waals surface area contributed by atoms with Gasteiger partial charge in [-0.05, 0) is 52.9 Å². The van der Waals surface area contributed by atoms with Crippen molar-refractivity contribution in [2.75, 3.05) is 12.3 Å². The van der Waals surface area contributed by atoms with Gasteiger partial charge in [0.25, 0.3) is 0 Å². The molecule has 76 valence electrons. The van der Waals surface area contributed by atoms with E-state index in [9.17, 15) is 0 Å². The minimum Gasteiger partial charge on any atom is -0.493 e. The molecule has 0 spiro atoms. The van der Waals surface area contributed by atoms with Crippen LogP contribution in [-0.4, -0.2) is 6.61 Å². The second kappa shape index (κ2) is 4.22. The van der Waals surface area contributed by atoms with Crippen molar-refractivity contribution in [3.8, 4) is 5.75 Å². The maximum absolute atomic E-state index is 5.68. The molecule has 1 aromatic carbocycles. The fraction of sp³-hybridized carbons (Fsp3) is 0.455. The quantitative estimate of drug-likeness (QED) is 0.843. The zero-order chi connectivity index (χ0) is 9.97. The molecule has 0 radical (unpaired) electrons. The predicted octanol–water partition coefficient (Wildman–Crippen LogP) is 3.21. The number of nitrogen functional groups attached to an aromatic ring is 1. The van der Waals surface area contributed by atoms with Crippen LogP contribution < -0.4 is 10.5 Å². The zero-order valence-corrected chi connectivity index (χ0v) is 9.59. The van der Waals surface area contributed by atoms with E-state index in [1.54, 1.807) is 0 Å². The van der Waals surface area contributed by atoms with E-state index in [1.807, 2.05) is 18.2 Å². The van der Waals surface area contributed by atoms with E-state index in [0.29, 0.717) is 0 Å². The first kappa shape index (κ1) is 9.84. The first-order valence-corrected chi connectivity index (χ1v) is 5.73. The molecule has 0 heterocycles. The minimum absolute atomic E-state index is 0.751. The van der Waals surface area contributed by atoms with Crippen molar-refractivity contribution in [2.24, 2.45) is 5.92 Å². The van der Waals surface area contributed by atoms with Crippen LogP contribution in [0.5, 0.6) is 5.75 Å². The predicted molar refractivity (Wildman–Crippen MR) is 61.4 cm³/mol. The summed E-state index contributed by atoms with van der Waals surface area (Å²) in [6.07, 6.45) is 3.99. The molecule has 14 heavy (non-hydrogen) atoms. The van der Waals surface area contributed by atoms with Gasteiger partial charge in [0.15, 0.2) is 0 Å². The summed E-state index contributed by atoms with van der Waals surface area (Å²) in [4.78, 5) is 0. The van der Waals surface area contributed by atoms with Crippen LogP contribution in [0.1, 0.15) is 19.3 Å². The van der Waals surface area contributed by atoms with Crippen molar-refractivity contribution in [2.45, 2.75) is 19.3 Å².